The monoisotopic (exact) mass is 352 g/mol. The third-order valence-corrected chi connectivity index (χ3v) is 6.75. The maximum Gasteiger partial charge on any atom is 0.222 e. The van der Waals surface area contributed by atoms with Crippen LogP contribution in [0.15, 0.2) is 41.4 Å². The molecule has 1 fully saturated rings. The summed E-state index contributed by atoms with van der Waals surface area (Å²) in [5, 5.41) is 6.97. The Bertz CT molecular complexity index is 702. The van der Waals surface area contributed by atoms with Crippen molar-refractivity contribution in [3.63, 3.8) is 0 Å². The molecular weight excluding hydrogens is 332 g/mol. The summed E-state index contributed by atoms with van der Waals surface area (Å²) >= 11 is 1.61. The standard InChI is InChI=1S/C16H20N2O3S2/c19-16(17-10-13-4-8-23(20,21)12-13)9-15(14-3-7-22-11-14)18-5-1-2-6-18/h1-3,5-7,11,13,15H,4,8-10,12H2,(H,17,19)/t13-,15-/m0/s1. The average Bonchev–Trinajstić information content (AvgIpc) is 3.24. The van der Waals surface area contributed by atoms with E-state index in [9.17, 15) is 13.2 Å². The average molecular weight is 352 g/mol. The van der Waals surface area contributed by atoms with Gasteiger partial charge >= 0.3 is 0 Å². The highest BCUT2D eigenvalue weighted by atomic mass is 32.2. The van der Waals surface area contributed by atoms with E-state index in [0.29, 0.717) is 19.4 Å². The van der Waals surface area contributed by atoms with Gasteiger partial charge in [0.1, 0.15) is 0 Å². The molecule has 2 aromatic heterocycles. The number of carbonyl (C=O) groups is 1. The molecule has 1 saturated heterocycles. The molecule has 0 radical (unpaired) electrons. The molecule has 23 heavy (non-hydrogen) atoms. The van der Waals surface area contributed by atoms with Gasteiger partial charge in [0, 0.05) is 18.9 Å². The first-order valence-corrected chi connectivity index (χ1v) is 10.4. The quantitative estimate of drug-likeness (QED) is 0.865. The molecule has 0 saturated carbocycles. The lowest BCUT2D eigenvalue weighted by molar-refractivity contribution is -0.121. The van der Waals surface area contributed by atoms with Crippen LogP contribution in [-0.4, -0.2) is 36.9 Å². The van der Waals surface area contributed by atoms with Crippen LogP contribution in [0.2, 0.25) is 0 Å². The zero-order valence-electron chi connectivity index (χ0n) is 12.7. The van der Waals surface area contributed by atoms with Crippen LogP contribution in [0, 0.1) is 5.92 Å². The Balaban J connectivity index is 1.59. The number of thiophene rings is 1. The molecule has 2 aromatic rings. The van der Waals surface area contributed by atoms with Crippen LogP contribution in [-0.2, 0) is 14.6 Å². The molecule has 0 bridgehead atoms. The van der Waals surface area contributed by atoms with Crippen molar-refractivity contribution in [1.29, 1.82) is 0 Å². The zero-order valence-corrected chi connectivity index (χ0v) is 14.4. The van der Waals surface area contributed by atoms with Crippen LogP contribution in [0.25, 0.3) is 0 Å². The summed E-state index contributed by atoms with van der Waals surface area (Å²) in [7, 11) is -2.89. The van der Waals surface area contributed by atoms with E-state index in [1.807, 2.05) is 40.5 Å². The van der Waals surface area contributed by atoms with Crippen LogP contribution in [0.4, 0.5) is 0 Å². The molecule has 3 heterocycles. The molecule has 3 rings (SSSR count). The molecule has 1 aliphatic heterocycles. The Morgan fingerprint density at radius 3 is 2.78 bits per heavy atom. The molecule has 7 heteroatoms. The summed E-state index contributed by atoms with van der Waals surface area (Å²) in [6.45, 7) is 0.445. The summed E-state index contributed by atoms with van der Waals surface area (Å²) in [6.07, 6.45) is 4.91. The minimum Gasteiger partial charge on any atom is -0.356 e. The van der Waals surface area contributed by atoms with Crippen molar-refractivity contribution in [2.24, 2.45) is 5.92 Å². The molecule has 0 aromatic carbocycles. The first-order chi connectivity index (χ1) is 11.0. The maximum atomic E-state index is 12.3. The largest absolute Gasteiger partial charge is 0.356 e. The number of aromatic nitrogens is 1. The van der Waals surface area contributed by atoms with Gasteiger partial charge in [-0.05, 0) is 46.9 Å². The molecule has 1 aliphatic rings. The van der Waals surface area contributed by atoms with Gasteiger partial charge in [-0.2, -0.15) is 11.3 Å². The number of hydrogen-bond donors (Lipinski definition) is 1. The third kappa shape index (κ3) is 4.23. The second-order valence-electron chi connectivity index (χ2n) is 5.98. The Kier molecular flexibility index (Phi) is 4.87. The summed E-state index contributed by atoms with van der Waals surface area (Å²) in [5.74, 6) is 0.446. The number of amides is 1. The SMILES string of the molecule is O=C(C[C@@H](c1ccsc1)n1cccc1)NC[C@@H]1CCS(=O)(=O)C1. The van der Waals surface area contributed by atoms with Crippen molar-refractivity contribution >= 4 is 27.1 Å². The lowest BCUT2D eigenvalue weighted by Crippen LogP contribution is -2.31. The minimum absolute atomic E-state index is 0.0245. The zero-order chi connectivity index (χ0) is 16.3. The van der Waals surface area contributed by atoms with Crippen LogP contribution < -0.4 is 5.32 Å². The van der Waals surface area contributed by atoms with Crippen molar-refractivity contribution in [2.45, 2.75) is 18.9 Å². The van der Waals surface area contributed by atoms with E-state index in [0.717, 1.165) is 5.56 Å². The molecule has 1 N–H and O–H groups in total. The molecule has 0 aliphatic carbocycles. The number of carbonyl (C=O) groups excluding carboxylic acids is 1. The fraction of sp³-hybridized carbons (Fsp3) is 0.438. The molecule has 1 amide bonds. The number of rotatable bonds is 6. The highest BCUT2D eigenvalue weighted by molar-refractivity contribution is 7.91. The highest BCUT2D eigenvalue weighted by Gasteiger charge is 2.28. The van der Waals surface area contributed by atoms with Gasteiger partial charge in [0.2, 0.25) is 5.91 Å². The van der Waals surface area contributed by atoms with Crippen LogP contribution in [0.5, 0.6) is 0 Å². The second-order valence-corrected chi connectivity index (χ2v) is 8.99. The van der Waals surface area contributed by atoms with Gasteiger partial charge in [-0.3, -0.25) is 4.79 Å². The Hall–Kier alpha value is -1.60. The van der Waals surface area contributed by atoms with E-state index < -0.39 is 9.84 Å². The van der Waals surface area contributed by atoms with E-state index >= 15 is 0 Å². The maximum absolute atomic E-state index is 12.3. The van der Waals surface area contributed by atoms with Gasteiger partial charge in [-0.25, -0.2) is 8.42 Å². The van der Waals surface area contributed by atoms with Crippen molar-refractivity contribution < 1.29 is 13.2 Å². The van der Waals surface area contributed by atoms with E-state index in [-0.39, 0.29) is 29.4 Å². The van der Waals surface area contributed by atoms with Crippen LogP contribution in [0.1, 0.15) is 24.4 Å². The number of nitrogens with one attached hydrogen (secondary N) is 1. The summed E-state index contributed by atoms with van der Waals surface area (Å²) in [6, 6.07) is 5.90. The lowest BCUT2D eigenvalue weighted by atomic mass is 10.1. The number of nitrogens with zero attached hydrogens (tertiary/aromatic N) is 1. The van der Waals surface area contributed by atoms with Gasteiger partial charge in [-0.15, -0.1) is 0 Å². The summed E-state index contributed by atoms with van der Waals surface area (Å²) < 4.78 is 24.9. The van der Waals surface area contributed by atoms with E-state index in [4.69, 9.17) is 0 Å². The Morgan fingerprint density at radius 1 is 1.39 bits per heavy atom. The minimum atomic E-state index is -2.89. The summed E-state index contributed by atoms with van der Waals surface area (Å²) in [4.78, 5) is 12.3. The molecule has 0 unspecified atom stereocenters. The highest BCUT2D eigenvalue weighted by Crippen LogP contribution is 2.24. The predicted molar refractivity (Wildman–Crippen MR) is 91.3 cm³/mol. The van der Waals surface area contributed by atoms with Gasteiger partial charge in [0.15, 0.2) is 9.84 Å². The second kappa shape index (κ2) is 6.88. The van der Waals surface area contributed by atoms with E-state index in [1.165, 1.54) is 0 Å². The van der Waals surface area contributed by atoms with Crippen molar-refractivity contribution in [2.75, 3.05) is 18.1 Å². The predicted octanol–water partition coefficient (Wildman–Crippen LogP) is 2.08. The Labute approximate surface area is 140 Å². The smallest absolute Gasteiger partial charge is 0.222 e. The van der Waals surface area contributed by atoms with Gasteiger partial charge in [-0.1, -0.05) is 0 Å². The van der Waals surface area contributed by atoms with Crippen molar-refractivity contribution in [3.8, 4) is 0 Å². The van der Waals surface area contributed by atoms with Crippen molar-refractivity contribution in [3.05, 3.63) is 46.9 Å². The fourth-order valence-electron chi connectivity index (χ4n) is 2.95. The third-order valence-electron chi connectivity index (χ3n) is 4.21. The van der Waals surface area contributed by atoms with Crippen LogP contribution in [0.3, 0.4) is 0 Å². The van der Waals surface area contributed by atoms with E-state index in [2.05, 4.69) is 10.7 Å². The van der Waals surface area contributed by atoms with Gasteiger partial charge in [0.05, 0.1) is 24.0 Å². The van der Waals surface area contributed by atoms with Crippen molar-refractivity contribution in [1.82, 2.24) is 9.88 Å². The Morgan fingerprint density at radius 2 is 2.17 bits per heavy atom. The van der Waals surface area contributed by atoms with E-state index in [1.54, 1.807) is 11.3 Å². The molecule has 5 nitrogen and oxygen atoms in total. The fourth-order valence-corrected chi connectivity index (χ4v) is 5.52. The van der Waals surface area contributed by atoms with Crippen LogP contribution >= 0.6 is 11.3 Å². The first-order valence-electron chi connectivity index (χ1n) is 7.65. The van der Waals surface area contributed by atoms with Gasteiger partial charge < -0.3 is 9.88 Å². The molecule has 0 spiro atoms. The van der Waals surface area contributed by atoms with Gasteiger partial charge in [0.25, 0.3) is 0 Å². The summed E-state index contributed by atoms with van der Waals surface area (Å²) in [5.41, 5.74) is 1.12. The topological polar surface area (TPSA) is 68.2 Å². The first kappa shape index (κ1) is 16.3. The number of hydrogen-bond acceptors (Lipinski definition) is 4. The molecule has 2 atom stereocenters. The lowest BCUT2D eigenvalue weighted by Gasteiger charge is -2.18. The normalized spacial score (nSPS) is 21.1. The molecular formula is C16H20N2O3S2. The number of sulfone groups is 1. The molecule has 124 valence electrons.